The molecule has 8 heavy (non-hydrogen) atoms. The van der Waals surface area contributed by atoms with Crippen molar-refractivity contribution in [1.82, 2.24) is 10.6 Å². The number of hydrogen-bond donors (Lipinski definition) is 2. The second-order valence-corrected chi connectivity index (χ2v) is 1.81. The van der Waals surface area contributed by atoms with Crippen LogP contribution in [0.2, 0.25) is 0 Å². The third-order valence-corrected chi connectivity index (χ3v) is 1.17. The Hall–Kier alpha value is -0.920. The maximum absolute atomic E-state index is 3.72. The molecule has 0 unspecified atom stereocenters. The van der Waals surface area contributed by atoms with Crippen molar-refractivity contribution in [3.63, 3.8) is 0 Å². The van der Waals surface area contributed by atoms with Gasteiger partial charge in [-0.15, -0.1) is 0 Å². The van der Waals surface area contributed by atoms with Gasteiger partial charge in [-0.3, -0.25) is 0 Å². The van der Waals surface area contributed by atoms with Crippen LogP contribution in [-0.4, -0.2) is 13.1 Å². The highest BCUT2D eigenvalue weighted by atomic mass is 15.0. The van der Waals surface area contributed by atoms with Crippen LogP contribution in [0, 0.1) is 0 Å². The zero-order chi connectivity index (χ0) is 5.98. The van der Waals surface area contributed by atoms with Crippen molar-refractivity contribution in [2.24, 2.45) is 0 Å². The van der Waals surface area contributed by atoms with Crippen LogP contribution < -0.4 is 10.6 Å². The van der Waals surface area contributed by atoms with Crippen LogP contribution in [0.3, 0.4) is 0 Å². The summed E-state index contributed by atoms with van der Waals surface area (Å²) >= 11 is 0. The lowest BCUT2D eigenvalue weighted by Gasteiger charge is -2.19. The first kappa shape index (κ1) is 5.22. The molecule has 2 nitrogen and oxygen atoms in total. The molecule has 1 aliphatic rings. The Labute approximate surface area is 49.3 Å². The van der Waals surface area contributed by atoms with Crippen molar-refractivity contribution in [1.29, 1.82) is 0 Å². The molecule has 0 saturated carbocycles. The van der Waals surface area contributed by atoms with Gasteiger partial charge in [-0.2, -0.15) is 0 Å². The highest BCUT2D eigenvalue weighted by Crippen LogP contribution is 1.98. The molecule has 0 aromatic heterocycles. The molecule has 0 amide bonds. The van der Waals surface area contributed by atoms with Crippen LogP contribution in [0.5, 0.6) is 0 Å². The second-order valence-electron chi connectivity index (χ2n) is 1.81. The smallest absolute Gasteiger partial charge is 0.0497 e. The number of piperazine rings is 1. The minimum atomic E-state index is 0.913. The summed E-state index contributed by atoms with van der Waals surface area (Å²) < 4.78 is 0. The lowest BCUT2D eigenvalue weighted by atomic mass is 10.3. The van der Waals surface area contributed by atoms with Crippen LogP contribution in [0.15, 0.2) is 24.6 Å². The van der Waals surface area contributed by atoms with Gasteiger partial charge in [0.2, 0.25) is 0 Å². The van der Waals surface area contributed by atoms with Crippen molar-refractivity contribution >= 4 is 0 Å². The van der Waals surface area contributed by atoms with Crippen LogP contribution >= 0.6 is 0 Å². The SMILES string of the molecule is C=C1NCCNC1=C. The van der Waals surface area contributed by atoms with E-state index in [0.717, 1.165) is 24.5 Å². The van der Waals surface area contributed by atoms with Gasteiger partial charge in [0.25, 0.3) is 0 Å². The third kappa shape index (κ3) is 0.832. The van der Waals surface area contributed by atoms with Gasteiger partial charge in [-0.05, 0) is 0 Å². The molecule has 0 bridgehead atoms. The first-order valence-corrected chi connectivity index (χ1v) is 2.66. The molecule has 0 aromatic rings. The lowest BCUT2D eigenvalue weighted by Crippen LogP contribution is -2.35. The Kier molecular flexibility index (Phi) is 1.24. The molecule has 0 spiro atoms. The highest BCUT2D eigenvalue weighted by molar-refractivity contribution is 5.23. The Bertz CT molecular complexity index is 110. The minimum absolute atomic E-state index is 0.913. The van der Waals surface area contributed by atoms with Crippen LogP contribution in [0.1, 0.15) is 0 Å². The van der Waals surface area contributed by atoms with E-state index in [1.807, 2.05) is 0 Å². The minimum Gasteiger partial charge on any atom is -0.382 e. The Morgan fingerprint density at radius 3 is 1.62 bits per heavy atom. The number of rotatable bonds is 0. The zero-order valence-corrected chi connectivity index (χ0v) is 4.83. The monoisotopic (exact) mass is 110 g/mol. The molecule has 2 heteroatoms. The van der Waals surface area contributed by atoms with Crippen LogP contribution in [-0.2, 0) is 0 Å². The molecule has 1 aliphatic heterocycles. The molecule has 0 aromatic carbocycles. The maximum atomic E-state index is 3.72. The summed E-state index contributed by atoms with van der Waals surface area (Å²) in [5, 5.41) is 6.15. The van der Waals surface area contributed by atoms with Crippen LogP contribution in [0.4, 0.5) is 0 Å². The van der Waals surface area contributed by atoms with Gasteiger partial charge in [0.1, 0.15) is 0 Å². The molecule has 0 aliphatic carbocycles. The Morgan fingerprint density at radius 2 is 1.38 bits per heavy atom. The first-order valence-electron chi connectivity index (χ1n) is 2.66. The van der Waals surface area contributed by atoms with E-state index in [0.29, 0.717) is 0 Å². The van der Waals surface area contributed by atoms with Gasteiger partial charge < -0.3 is 10.6 Å². The van der Waals surface area contributed by atoms with Crippen molar-refractivity contribution in [3.8, 4) is 0 Å². The average molecular weight is 110 g/mol. The van der Waals surface area contributed by atoms with Gasteiger partial charge in [-0.25, -0.2) is 0 Å². The predicted octanol–water partition coefficient (Wildman–Crippen LogP) is 0.207. The average Bonchev–Trinajstić information content (AvgIpc) is 1.77. The summed E-state index contributed by atoms with van der Waals surface area (Å²) in [7, 11) is 0. The van der Waals surface area contributed by atoms with Crippen molar-refractivity contribution < 1.29 is 0 Å². The first-order chi connectivity index (χ1) is 3.80. The van der Waals surface area contributed by atoms with E-state index >= 15 is 0 Å². The zero-order valence-electron chi connectivity index (χ0n) is 4.83. The maximum Gasteiger partial charge on any atom is 0.0497 e. The summed E-state index contributed by atoms with van der Waals surface area (Å²) in [5.74, 6) is 0. The molecule has 44 valence electrons. The fourth-order valence-corrected chi connectivity index (χ4v) is 0.640. The fourth-order valence-electron chi connectivity index (χ4n) is 0.640. The molecule has 1 heterocycles. The van der Waals surface area contributed by atoms with Crippen LogP contribution in [0.25, 0.3) is 0 Å². The quantitative estimate of drug-likeness (QED) is 0.465. The van der Waals surface area contributed by atoms with Gasteiger partial charge in [0.15, 0.2) is 0 Å². The molecule has 0 radical (unpaired) electrons. The van der Waals surface area contributed by atoms with E-state index < -0.39 is 0 Å². The normalized spacial score (nSPS) is 19.5. The third-order valence-electron chi connectivity index (χ3n) is 1.17. The molecule has 1 saturated heterocycles. The standard InChI is InChI=1S/C6H10N2/c1-5-6(2)8-4-3-7-5/h7-8H,1-4H2. The van der Waals surface area contributed by atoms with E-state index in [1.54, 1.807) is 0 Å². The van der Waals surface area contributed by atoms with E-state index in [1.165, 1.54) is 0 Å². The fraction of sp³-hybridized carbons (Fsp3) is 0.333. The molecule has 0 atom stereocenters. The molecular formula is C6H10N2. The van der Waals surface area contributed by atoms with E-state index in [4.69, 9.17) is 0 Å². The Morgan fingerprint density at radius 1 is 1.00 bits per heavy atom. The second kappa shape index (κ2) is 1.90. The van der Waals surface area contributed by atoms with Gasteiger partial charge >= 0.3 is 0 Å². The Balaban J connectivity index is 2.52. The predicted molar refractivity (Wildman–Crippen MR) is 34.3 cm³/mol. The van der Waals surface area contributed by atoms with Gasteiger partial charge in [-0.1, -0.05) is 13.2 Å². The molecule has 1 rings (SSSR count). The summed E-state index contributed by atoms with van der Waals surface area (Å²) in [5.41, 5.74) is 1.83. The van der Waals surface area contributed by atoms with Gasteiger partial charge in [0, 0.05) is 24.5 Å². The highest BCUT2D eigenvalue weighted by Gasteiger charge is 2.02. The molecule has 2 N–H and O–H groups in total. The summed E-state index contributed by atoms with van der Waals surface area (Å²) in [6, 6.07) is 0. The summed E-state index contributed by atoms with van der Waals surface area (Å²) in [4.78, 5) is 0. The van der Waals surface area contributed by atoms with E-state index in [-0.39, 0.29) is 0 Å². The molecule has 1 fully saturated rings. The van der Waals surface area contributed by atoms with Crippen molar-refractivity contribution in [2.75, 3.05) is 13.1 Å². The van der Waals surface area contributed by atoms with Crippen molar-refractivity contribution in [3.05, 3.63) is 24.6 Å². The number of hydrogen-bond acceptors (Lipinski definition) is 2. The lowest BCUT2D eigenvalue weighted by molar-refractivity contribution is 0.662. The number of nitrogens with one attached hydrogen (secondary N) is 2. The summed E-state index contributed by atoms with van der Waals surface area (Å²) in [6.07, 6.45) is 0. The van der Waals surface area contributed by atoms with E-state index in [9.17, 15) is 0 Å². The largest absolute Gasteiger partial charge is 0.382 e. The molecular weight excluding hydrogens is 100 g/mol. The summed E-state index contributed by atoms with van der Waals surface area (Å²) in [6.45, 7) is 9.36. The topological polar surface area (TPSA) is 24.1 Å². The van der Waals surface area contributed by atoms with Crippen molar-refractivity contribution in [2.45, 2.75) is 0 Å². The van der Waals surface area contributed by atoms with E-state index in [2.05, 4.69) is 23.8 Å². The van der Waals surface area contributed by atoms with Gasteiger partial charge in [0.05, 0.1) is 0 Å².